The minimum atomic E-state index is -0.566. The summed E-state index contributed by atoms with van der Waals surface area (Å²) in [5.74, 6) is 0.411. The maximum absolute atomic E-state index is 12.1. The normalized spacial score (nSPS) is 24.6. The van der Waals surface area contributed by atoms with Gasteiger partial charge < -0.3 is 9.47 Å². The van der Waals surface area contributed by atoms with E-state index in [4.69, 9.17) is 9.47 Å². The highest BCUT2D eigenvalue weighted by molar-refractivity contribution is 8.00. The maximum atomic E-state index is 12.1. The number of thioether (sulfide) groups is 1. The van der Waals surface area contributed by atoms with Gasteiger partial charge in [-0.3, -0.25) is 4.90 Å². The summed E-state index contributed by atoms with van der Waals surface area (Å²) in [6.45, 7) is 7.84. The Morgan fingerprint density at radius 3 is 2.44 bits per heavy atom. The lowest BCUT2D eigenvalue weighted by Crippen LogP contribution is -2.55. The van der Waals surface area contributed by atoms with Gasteiger partial charge in [0, 0.05) is 17.5 Å². The Kier molecular flexibility index (Phi) is 4.90. The van der Waals surface area contributed by atoms with Crippen LogP contribution < -0.4 is 0 Å². The quantitative estimate of drug-likeness (QED) is 0.684. The average Bonchev–Trinajstić information content (AvgIpc) is 2.25. The van der Waals surface area contributed by atoms with Crippen molar-refractivity contribution in [2.75, 3.05) is 19.4 Å². The Morgan fingerprint density at radius 2 is 1.94 bits per heavy atom. The van der Waals surface area contributed by atoms with Crippen LogP contribution in [-0.2, 0) is 14.3 Å². The molecule has 0 aromatic carbocycles. The van der Waals surface area contributed by atoms with E-state index in [0.29, 0.717) is 6.54 Å². The number of carbonyl (C=O) groups excluding carboxylic acids is 2. The van der Waals surface area contributed by atoms with E-state index in [2.05, 4.69) is 0 Å². The van der Waals surface area contributed by atoms with E-state index in [0.717, 1.165) is 5.75 Å². The molecule has 1 heterocycles. The molecule has 0 radical (unpaired) electrons. The lowest BCUT2D eigenvalue weighted by molar-refractivity contribution is -0.146. The fourth-order valence-electron chi connectivity index (χ4n) is 1.79. The first-order chi connectivity index (χ1) is 8.26. The Morgan fingerprint density at radius 1 is 1.33 bits per heavy atom. The summed E-state index contributed by atoms with van der Waals surface area (Å²) in [5, 5.41) is 0.0127. The summed E-state index contributed by atoms with van der Waals surface area (Å²) in [5.41, 5.74) is -0.564. The molecule has 0 aromatic heterocycles. The second kappa shape index (κ2) is 5.82. The molecule has 6 heteroatoms. The molecule has 0 aromatic rings. The van der Waals surface area contributed by atoms with E-state index in [1.54, 1.807) is 32.5 Å². The third kappa shape index (κ3) is 3.80. The molecule has 0 bridgehead atoms. The molecule has 1 fully saturated rings. The number of rotatable bonds is 1. The third-order valence-corrected chi connectivity index (χ3v) is 3.77. The van der Waals surface area contributed by atoms with Gasteiger partial charge in [-0.15, -0.1) is 0 Å². The van der Waals surface area contributed by atoms with Crippen molar-refractivity contribution < 1.29 is 19.1 Å². The van der Waals surface area contributed by atoms with Crippen molar-refractivity contribution in [2.45, 2.75) is 44.6 Å². The van der Waals surface area contributed by atoms with Crippen molar-refractivity contribution >= 4 is 23.8 Å². The van der Waals surface area contributed by atoms with Crippen molar-refractivity contribution in [3.8, 4) is 0 Å². The summed E-state index contributed by atoms with van der Waals surface area (Å²) >= 11 is 1.66. The molecular formula is C12H21NO4S. The fourth-order valence-corrected chi connectivity index (χ4v) is 2.90. The second-order valence-electron chi connectivity index (χ2n) is 5.22. The van der Waals surface area contributed by atoms with E-state index in [-0.39, 0.29) is 11.2 Å². The zero-order valence-corrected chi connectivity index (χ0v) is 12.4. The summed E-state index contributed by atoms with van der Waals surface area (Å²) in [4.78, 5) is 25.3. The van der Waals surface area contributed by atoms with Gasteiger partial charge in [0.15, 0.2) is 0 Å². The molecule has 18 heavy (non-hydrogen) atoms. The molecule has 1 rings (SSSR count). The van der Waals surface area contributed by atoms with Crippen LogP contribution in [0.4, 0.5) is 4.79 Å². The Balaban J connectivity index is 2.82. The topological polar surface area (TPSA) is 55.8 Å². The lowest BCUT2D eigenvalue weighted by Gasteiger charge is -2.38. The first kappa shape index (κ1) is 15.1. The molecular weight excluding hydrogens is 254 g/mol. The number of esters is 1. The van der Waals surface area contributed by atoms with E-state index >= 15 is 0 Å². The first-order valence-electron chi connectivity index (χ1n) is 5.95. The molecule has 1 saturated heterocycles. The first-order valence-corrected chi connectivity index (χ1v) is 7.00. The average molecular weight is 275 g/mol. The van der Waals surface area contributed by atoms with Crippen LogP contribution >= 0.6 is 11.8 Å². The van der Waals surface area contributed by atoms with Gasteiger partial charge in [-0.05, 0) is 20.8 Å². The van der Waals surface area contributed by atoms with Crippen LogP contribution in [0.5, 0.6) is 0 Å². The van der Waals surface area contributed by atoms with Crippen LogP contribution in [0, 0.1) is 0 Å². The molecule has 104 valence electrons. The largest absolute Gasteiger partial charge is 0.467 e. The molecule has 2 unspecified atom stereocenters. The Labute approximate surface area is 112 Å². The van der Waals surface area contributed by atoms with Crippen molar-refractivity contribution in [1.29, 1.82) is 0 Å². The summed E-state index contributed by atoms with van der Waals surface area (Å²) < 4.78 is 10.1. The molecule has 1 aliphatic heterocycles. The third-order valence-electron chi connectivity index (χ3n) is 2.56. The highest BCUT2D eigenvalue weighted by atomic mass is 32.2. The van der Waals surface area contributed by atoms with Gasteiger partial charge >= 0.3 is 12.1 Å². The van der Waals surface area contributed by atoms with Crippen LogP contribution in [0.15, 0.2) is 0 Å². The van der Waals surface area contributed by atoms with Crippen LogP contribution in [-0.4, -0.2) is 53.3 Å². The summed E-state index contributed by atoms with van der Waals surface area (Å²) in [6, 6.07) is -0.566. The van der Waals surface area contributed by atoms with Crippen molar-refractivity contribution in [3.63, 3.8) is 0 Å². The van der Waals surface area contributed by atoms with Crippen molar-refractivity contribution in [1.82, 2.24) is 4.90 Å². The maximum Gasteiger partial charge on any atom is 0.411 e. The predicted molar refractivity (Wildman–Crippen MR) is 70.7 cm³/mol. The molecule has 2 atom stereocenters. The molecule has 5 nitrogen and oxygen atoms in total. The van der Waals surface area contributed by atoms with E-state index in [1.165, 1.54) is 12.0 Å². The molecule has 0 aliphatic carbocycles. The highest BCUT2D eigenvalue weighted by Crippen LogP contribution is 2.26. The number of ether oxygens (including phenoxy) is 2. The zero-order chi connectivity index (χ0) is 13.9. The van der Waals surface area contributed by atoms with Gasteiger partial charge in [0.1, 0.15) is 11.6 Å². The molecule has 1 aliphatic rings. The fraction of sp³-hybridized carbons (Fsp3) is 0.833. The monoisotopic (exact) mass is 275 g/mol. The smallest absolute Gasteiger partial charge is 0.411 e. The highest BCUT2D eigenvalue weighted by Gasteiger charge is 2.40. The van der Waals surface area contributed by atoms with E-state index in [9.17, 15) is 9.59 Å². The minimum Gasteiger partial charge on any atom is -0.467 e. The number of amides is 1. The lowest BCUT2D eigenvalue weighted by atomic mass is 10.1. The summed E-state index contributed by atoms with van der Waals surface area (Å²) in [7, 11) is 1.33. The molecule has 0 saturated carbocycles. The number of nitrogens with zero attached hydrogens (tertiary/aromatic N) is 1. The van der Waals surface area contributed by atoms with Gasteiger partial charge in [0.2, 0.25) is 0 Å². The summed E-state index contributed by atoms with van der Waals surface area (Å²) in [6.07, 6.45) is -0.454. The van der Waals surface area contributed by atoms with Gasteiger partial charge in [0.25, 0.3) is 0 Å². The Hall–Kier alpha value is -0.910. The van der Waals surface area contributed by atoms with Crippen LogP contribution in [0.25, 0.3) is 0 Å². The van der Waals surface area contributed by atoms with Crippen molar-refractivity contribution in [2.24, 2.45) is 0 Å². The van der Waals surface area contributed by atoms with Gasteiger partial charge in [-0.2, -0.15) is 11.8 Å². The van der Waals surface area contributed by atoms with Gasteiger partial charge in [-0.1, -0.05) is 6.92 Å². The molecule has 1 amide bonds. The second-order valence-corrected chi connectivity index (χ2v) is 6.70. The van der Waals surface area contributed by atoms with Crippen molar-refractivity contribution in [3.05, 3.63) is 0 Å². The van der Waals surface area contributed by atoms with E-state index < -0.39 is 17.7 Å². The SMILES string of the molecule is COC(=O)C1C(C)SCCN1C(=O)OC(C)(C)C. The zero-order valence-electron chi connectivity index (χ0n) is 11.6. The van der Waals surface area contributed by atoms with E-state index in [1.807, 2.05) is 6.92 Å². The number of carbonyl (C=O) groups is 2. The molecule has 0 N–H and O–H groups in total. The molecule has 0 spiro atoms. The van der Waals surface area contributed by atoms with Crippen LogP contribution in [0.3, 0.4) is 0 Å². The van der Waals surface area contributed by atoms with Gasteiger partial charge in [0.05, 0.1) is 7.11 Å². The number of hydrogen-bond donors (Lipinski definition) is 0. The van der Waals surface area contributed by atoms with Gasteiger partial charge in [-0.25, -0.2) is 9.59 Å². The predicted octanol–water partition coefficient (Wildman–Crippen LogP) is 1.90. The van der Waals surface area contributed by atoms with Crippen LogP contribution in [0.2, 0.25) is 0 Å². The number of hydrogen-bond acceptors (Lipinski definition) is 5. The Bertz CT molecular complexity index is 327. The number of methoxy groups -OCH3 is 1. The van der Waals surface area contributed by atoms with Crippen LogP contribution in [0.1, 0.15) is 27.7 Å². The standard InChI is InChI=1S/C12H21NO4S/c1-8-9(10(14)16-5)13(6-7-18-8)11(15)17-12(2,3)4/h8-9H,6-7H2,1-5H3. The minimum absolute atomic E-state index is 0.0127.